The summed E-state index contributed by atoms with van der Waals surface area (Å²) in [6, 6.07) is 12.2. The molecule has 0 atom stereocenters. The molecule has 0 amide bonds. The normalized spacial score (nSPS) is 14.5. The van der Waals surface area contributed by atoms with Gasteiger partial charge in [-0.2, -0.15) is 0 Å². The molecule has 6 rings (SSSR count). The van der Waals surface area contributed by atoms with Gasteiger partial charge in [-0.25, -0.2) is 24.3 Å². The lowest BCUT2D eigenvalue weighted by molar-refractivity contribution is 0.278. The summed E-state index contributed by atoms with van der Waals surface area (Å²) in [6.07, 6.45) is 4.46. The summed E-state index contributed by atoms with van der Waals surface area (Å²) in [4.78, 5) is 17.3. The van der Waals surface area contributed by atoms with E-state index in [1.807, 2.05) is 32.0 Å². The molecule has 2 N–H and O–H groups in total. The molecule has 0 radical (unpaired) electrons. The maximum absolute atomic E-state index is 14.9. The Labute approximate surface area is 204 Å². The topological polar surface area (TPSA) is 124 Å². The average molecular weight is 485 g/mol. The van der Waals surface area contributed by atoms with Crippen molar-refractivity contribution in [1.29, 1.82) is 0 Å². The number of nitrogens with zero attached hydrogens (tertiary/aromatic N) is 7. The minimum Gasteiger partial charge on any atom is -0.462 e. The number of amidine groups is 1. The van der Waals surface area contributed by atoms with Gasteiger partial charge in [0.15, 0.2) is 17.2 Å². The van der Waals surface area contributed by atoms with E-state index in [1.165, 1.54) is 31.1 Å². The van der Waals surface area contributed by atoms with E-state index in [0.717, 1.165) is 16.6 Å². The van der Waals surface area contributed by atoms with Crippen LogP contribution in [0.2, 0.25) is 0 Å². The largest absolute Gasteiger partial charge is 0.462 e. The molecular weight excluding hydrogens is 465 g/mol. The Morgan fingerprint density at radius 3 is 2.69 bits per heavy atom. The second kappa shape index (κ2) is 8.41. The molecule has 3 aromatic heterocycles. The van der Waals surface area contributed by atoms with Gasteiger partial charge in [-0.1, -0.05) is 0 Å². The molecule has 0 spiro atoms. The maximum Gasteiger partial charge on any atom is 0.289 e. The van der Waals surface area contributed by atoms with Crippen LogP contribution < -0.4 is 15.4 Å². The molecule has 0 bridgehead atoms. The Hall–Kier alpha value is -4.87. The number of aromatic nitrogens is 6. The molecule has 12 heteroatoms. The van der Waals surface area contributed by atoms with E-state index in [-0.39, 0.29) is 17.2 Å². The Morgan fingerprint density at radius 2 is 1.86 bits per heavy atom. The van der Waals surface area contributed by atoms with Crippen LogP contribution in [0.4, 0.5) is 21.6 Å². The monoisotopic (exact) mass is 485 g/mol. The average Bonchev–Trinajstić information content (AvgIpc) is 3.46. The number of hydrogen-bond acceptors (Lipinski definition) is 10. The number of hydrogen-bond donors (Lipinski definition) is 2. The van der Waals surface area contributed by atoms with Gasteiger partial charge in [-0.15, -0.1) is 10.2 Å². The van der Waals surface area contributed by atoms with Crippen LogP contribution in [-0.2, 0) is 4.74 Å². The maximum atomic E-state index is 14.9. The second-order valence-electron chi connectivity index (χ2n) is 8.79. The Kier molecular flexibility index (Phi) is 5.06. The van der Waals surface area contributed by atoms with Gasteiger partial charge in [-0.05, 0) is 44.2 Å². The summed E-state index contributed by atoms with van der Waals surface area (Å²) in [5, 5.41) is 14.8. The smallest absolute Gasteiger partial charge is 0.289 e. The lowest BCUT2D eigenvalue weighted by atomic mass is 10.1. The third-order valence-corrected chi connectivity index (χ3v) is 5.42. The number of rotatable bonds is 5. The van der Waals surface area contributed by atoms with Crippen molar-refractivity contribution >= 4 is 39.8 Å². The quantitative estimate of drug-likeness (QED) is 0.374. The first-order chi connectivity index (χ1) is 17.4. The van der Waals surface area contributed by atoms with E-state index < -0.39 is 5.82 Å². The molecule has 5 aromatic rings. The summed E-state index contributed by atoms with van der Waals surface area (Å²) in [6.45, 7) is 4.51. The van der Waals surface area contributed by atoms with Gasteiger partial charge in [0.2, 0.25) is 5.88 Å². The number of ether oxygens (including phenoxy) is 2. The van der Waals surface area contributed by atoms with Gasteiger partial charge in [0.05, 0.1) is 11.1 Å². The lowest BCUT2D eigenvalue weighted by Crippen LogP contribution is -2.17. The van der Waals surface area contributed by atoms with Crippen LogP contribution in [-0.4, -0.2) is 47.7 Å². The van der Waals surface area contributed by atoms with Crippen LogP contribution in [0.5, 0.6) is 11.6 Å². The zero-order valence-corrected chi connectivity index (χ0v) is 19.3. The summed E-state index contributed by atoms with van der Waals surface area (Å²) in [5.74, 6) is 0.181. The lowest BCUT2D eigenvalue weighted by Gasteiger charge is -2.12. The highest BCUT2D eigenvalue weighted by molar-refractivity contribution is 5.97. The van der Waals surface area contributed by atoms with Crippen molar-refractivity contribution in [3.8, 4) is 11.6 Å². The Balaban J connectivity index is 1.23. The molecule has 0 saturated carbocycles. The summed E-state index contributed by atoms with van der Waals surface area (Å²) < 4.78 is 27.7. The van der Waals surface area contributed by atoms with Crippen molar-refractivity contribution < 1.29 is 13.9 Å². The molecule has 180 valence electrons. The van der Waals surface area contributed by atoms with Crippen LogP contribution in [0.3, 0.4) is 0 Å². The first kappa shape index (κ1) is 21.6. The molecule has 0 saturated heterocycles. The highest BCUT2D eigenvalue weighted by Crippen LogP contribution is 2.30. The molecular formula is C24H20FN9O2. The van der Waals surface area contributed by atoms with Crippen molar-refractivity contribution in [3.63, 3.8) is 0 Å². The van der Waals surface area contributed by atoms with Crippen molar-refractivity contribution in [2.45, 2.75) is 19.4 Å². The van der Waals surface area contributed by atoms with E-state index in [9.17, 15) is 4.39 Å². The van der Waals surface area contributed by atoms with Gasteiger partial charge in [0.1, 0.15) is 31.4 Å². The molecule has 0 fully saturated rings. The number of nitrogens with one attached hydrogen (secondary N) is 2. The predicted octanol–water partition coefficient (Wildman–Crippen LogP) is 4.32. The summed E-state index contributed by atoms with van der Waals surface area (Å²) in [5.41, 5.74) is 2.25. The molecule has 11 nitrogen and oxygen atoms in total. The number of halogens is 1. The summed E-state index contributed by atoms with van der Waals surface area (Å²) in [7, 11) is 0. The highest BCUT2D eigenvalue weighted by atomic mass is 19.1. The molecule has 1 aliphatic heterocycles. The van der Waals surface area contributed by atoms with Gasteiger partial charge < -0.3 is 20.1 Å². The zero-order chi connectivity index (χ0) is 24.7. The van der Waals surface area contributed by atoms with E-state index in [1.54, 1.807) is 16.5 Å². The van der Waals surface area contributed by atoms with E-state index >= 15 is 0 Å². The van der Waals surface area contributed by atoms with Crippen LogP contribution in [0.15, 0.2) is 66.4 Å². The number of fused-ring (bicyclic) bond motifs is 2. The van der Waals surface area contributed by atoms with Crippen LogP contribution in [0, 0.1) is 5.82 Å². The minimum absolute atomic E-state index is 0.0243. The van der Waals surface area contributed by atoms with Gasteiger partial charge >= 0.3 is 0 Å². The van der Waals surface area contributed by atoms with Crippen molar-refractivity contribution in [2.24, 2.45) is 4.99 Å². The standard InChI is InChI=1S/C24H20FN9O2/c1-24(2)10-35-23(32-24)31-14-3-5-18-16(7-14)22(27-11-26-18)30-15-4-6-19(17(25)8-15)36-21-9-20-33-29-13-34(20)12-28-21/h3-9,11-13H,10H2,1-2H3,(H,31,32)(H,26,27,30). The molecule has 4 heterocycles. The molecule has 36 heavy (non-hydrogen) atoms. The van der Waals surface area contributed by atoms with Gasteiger partial charge in [0.25, 0.3) is 6.02 Å². The predicted molar refractivity (Wildman–Crippen MR) is 131 cm³/mol. The fourth-order valence-electron chi connectivity index (χ4n) is 3.68. The van der Waals surface area contributed by atoms with Gasteiger partial charge in [0, 0.05) is 28.9 Å². The fourth-order valence-corrected chi connectivity index (χ4v) is 3.68. The van der Waals surface area contributed by atoms with E-state index in [2.05, 4.69) is 40.8 Å². The number of aliphatic imine (C=N–C) groups is 1. The molecule has 2 aromatic carbocycles. The van der Waals surface area contributed by atoms with Crippen LogP contribution in [0.1, 0.15) is 13.8 Å². The third kappa shape index (κ3) is 4.31. The van der Waals surface area contributed by atoms with E-state index in [0.29, 0.717) is 29.8 Å². The Morgan fingerprint density at radius 1 is 1.00 bits per heavy atom. The highest BCUT2D eigenvalue weighted by Gasteiger charge is 2.26. The number of anilines is 3. The van der Waals surface area contributed by atoms with Crippen molar-refractivity contribution in [3.05, 3.63) is 67.3 Å². The fraction of sp³-hybridized carbons (Fsp3) is 0.167. The molecule has 0 unspecified atom stereocenters. The Bertz CT molecular complexity index is 1630. The first-order valence-electron chi connectivity index (χ1n) is 11.1. The van der Waals surface area contributed by atoms with Crippen LogP contribution >= 0.6 is 0 Å². The first-order valence-corrected chi connectivity index (χ1v) is 11.1. The van der Waals surface area contributed by atoms with Crippen LogP contribution in [0.25, 0.3) is 16.6 Å². The second-order valence-corrected chi connectivity index (χ2v) is 8.79. The zero-order valence-electron chi connectivity index (χ0n) is 19.3. The van der Waals surface area contributed by atoms with Crippen molar-refractivity contribution in [2.75, 3.05) is 17.2 Å². The van der Waals surface area contributed by atoms with Crippen molar-refractivity contribution in [1.82, 2.24) is 29.5 Å². The molecule has 0 aliphatic carbocycles. The number of benzene rings is 2. The summed E-state index contributed by atoms with van der Waals surface area (Å²) >= 11 is 0. The minimum atomic E-state index is -0.567. The van der Waals surface area contributed by atoms with E-state index in [4.69, 9.17) is 9.47 Å². The third-order valence-electron chi connectivity index (χ3n) is 5.42. The molecule has 1 aliphatic rings. The SMILES string of the molecule is CC1(C)COC(Nc2ccc3ncnc(Nc4ccc(Oc5cc6nncn6cn5)c(F)c4)c3c2)=N1. The van der Waals surface area contributed by atoms with Gasteiger partial charge in [-0.3, -0.25) is 4.40 Å².